The minimum atomic E-state index is -0.814. The molecule has 0 aromatic heterocycles. The third kappa shape index (κ3) is 1.25. The van der Waals surface area contributed by atoms with Gasteiger partial charge < -0.3 is 0 Å². The van der Waals surface area contributed by atoms with Crippen LogP contribution >= 0.6 is 0 Å². The zero-order valence-electron chi connectivity index (χ0n) is 4.82. The van der Waals surface area contributed by atoms with E-state index in [1.54, 1.807) is 0 Å². The number of rotatable bonds is 0. The molecule has 48 valence electrons. The molecule has 0 atom stereocenters. The van der Waals surface area contributed by atoms with Crippen molar-refractivity contribution in [1.29, 1.82) is 0 Å². The minimum absolute atomic E-state index is 0.416. The zero-order chi connectivity index (χ0) is 6.85. The Hall–Kier alpha value is -0.920. The van der Waals surface area contributed by atoms with Gasteiger partial charge in [-0.15, -0.1) is 0 Å². The molecule has 1 aliphatic rings. The van der Waals surface area contributed by atoms with E-state index in [4.69, 9.17) is 0 Å². The summed E-state index contributed by atoms with van der Waals surface area (Å²) in [5, 5.41) is 0. The van der Waals surface area contributed by atoms with Gasteiger partial charge in [0.25, 0.3) is 0 Å². The fraction of sp³-hybridized carbons (Fsp3) is 0.143. The van der Waals surface area contributed by atoms with Gasteiger partial charge in [-0.25, -0.2) is 8.78 Å². The lowest BCUT2D eigenvalue weighted by molar-refractivity contribution is 0.537. The molecule has 2 heteroatoms. The molecule has 0 radical (unpaired) electrons. The Morgan fingerprint density at radius 1 is 1.33 bits per heavy atom. The highest BCUT2D eigenvalue weighted by atomic mass is 19.2. The second-order valence-corrected chi connectivity index (χ2v) is 1.91. The number of allylic oxidation sites excluding steroid dienone is 5. The van der Waals surface area contributed by atoms with Gasteiger partial charge in [0.1, 0.15) is 0 Å². The summed E-state index contributed by atoms with van der Waals surface area (Å²) in [4.78, 5) is 0. The van der Waals surface area contributed by atoms with Crippen LogP contribution in [-0.4, -0.2) is 0 Å². The quantitative estimate of drug-likeness (QED) is 0.470. The van der Waals surface area contributed by atoms with Crippen LogP contribution in [0.5, 0.6) is 0 Å². The van der Waals surface area contributed by atoms with E-state index in [2.05, 4.69) is 6.58 Å². The lowest BCUT2D eigenvalue weighted by Gasteiger charge is -2.01. The third-order valence-electron chi connectivity index (χ3n) is 1.10. The van der Waals surface area contributed by atoms with E-state index in [0.29, 0.717) is 12.0 Å². The van der Waals surface area contributed by atoms with Crippen molar-refractivity contribution in [2.75, 3.05) is 0 Å². The van der Waals surface area contributed by atoms with Crippen LogP contribution in [0.25, 0.3) is 0 Å². The van der Waals surface area contributed by atoms with Gasteiger partial charge in [0, 0.05) is 0 Å². The fourth-order valence-corrected chi connectivity index (χ4v) is 0.625. The van der Waals surface area contributed by atoms with E-state index in [1.807, 2.05) is 0 Å². The Morgan fingerprint density at radius 2 is 2.00 bits per heavy atom. The summed E-state index contributed by atoms with van der Waals surface area (Å²) in [6.45, 7) is 3.47. The standard InChI is InChI=1S/C7H6F2/c1-5-2-3-6(8)7(9)4-5/h3-4H,1-2H2. The zero-order valence-corrected chi connectivity index (χ0v) is 4.82. The molecular weight excluding hydrogens is 122 g/mol. The van der Waals surface area contributed by atoms with E-state index >= 15 is 0 Å². The van der Waals surface area contributed by atoms with Gasteiger partial charge >= 0.3 is 0 Å². The Kier molecular flexibility index (Phi) is 1.47. The van der Waals surface area contributed by atoms with Gasteiger partial charge in [-0.2, -0.15) is 0 Å². The molecule has 0 saturated carbocycles. The Balaban J connectivity index is 2.87. The Morgan fingerprint density at radius 3 is 2.44 bits per heavy atom. The van der Waals surface area contributed by atoms with Crippen LogP contribution in [0.2, 0.25) is 0 Å². The summed E-state index contributed by atoms with van der Waals surface area (Å²) in [6, 6.07) is 0. The molecule has 0 bridgehead atoms. The molecule has 1 rings (SSSR count). The molecule has 0 spiro atoms. The van der Waals surface area contributed by atoms with Crippen molar-refractivity contribution in [3.05, 3.63) is 36.0 Å². The summed E-state index contributed by atoms with van der Waals surface area (Å²) in [5.41, 5.74) is 0.605. The number of halogens is 2. The van der Waals surface area contributed by atoms with Gasteiger partial charge in [0.15, 0.2) is 11.7 Å². The highest BCUT2D eigenvalue weighted by Gasteiger charge is 2.07. The molecule has 0 N–H and O–H groups in total. The average molecular weight is 128 g/mol. The maximum absolute atomic E-state index is 12.2. The van der Waals surface area contributed by atoms with Crippen molar-refractivity contribution in [1.82, 2.24) is 0 Å². The third-order valence-corrected chi connectivity index (χ3v) is 1.10. The van der Waals surface area contributed by atoms with Crippen LogP contribution in [-0.2, 0) is 0 Å². The van der Waals surface area contributed by atoms with Crippen molar-refractivity contribution in [3.8, 4) is 0 Å². The molecule has 9 heavy (non-hydrogen) atoms. The largest absolute Gasteiger partial charge is 0.204 e. The van der Waals surface area contributed by atoms with Gasteiger partial charge in [-0.1, -0.05) is 6.58 Å². The van der Waals surface area contributed by atoms with Crippen LogP contribution in [0.4, 0.5) is 8.78 Å². The highest BCUT2D eigenvalue weighted by Crippen LogP contribution is 2.22. The Bertz CT molecular complexity index is 199. The van der Waals surface area contributed by atoms with Crippen LogP contribution in [0.1, 0.15) is 6.42 Å². The fourth-order valence-electron chi connectivity index (χ4n) is 0.625. The smallest absolute Gasteiger partial charge is 0.158 e. The van der Waals surface area contributed by atoms with E-state index in [-0.39, 0.29) is 0 Å². The first-order valence-corrected chi connectivity index (χ1v) is 2.61. The summed E-state index contributed by atoms with van der Waals surface area (Å²) < 4.78 is 24.3. The summed E-state index contributed by atoms with van der Waals surface area (Å²) in [7, 11) is 0. The molecule has 0 saturated heterocycles. The van der Waals surface area contributed by atoms with E-state index < -0.39 is 11.7 Å². The van der Waals surface area contributed by atoms with E-state index in [9.17, 15) is 8.78 Å². The molecule has 0 aromatic rings. The first kappa shape index (κ1) is 6.20. The lowest BCUT2D eigenvalue weighted by atomic mass is 10.1. The first-order valence-electron chi connectivity index (χ1n) is 2.61. The van der Waals surface area contributed by atoms with Gasteiger partial charge in [0.05, 0.1) is 0 Å². The molecule has 1 aliphatic carbocycles. The highest BCUT2D eigenvalue weighted by molar-refractivity contribution is 5.34. The summed E-state index contributed by atoms with van der Waals surface area (Å²) in [5.74, 6) is -1.59. The summed E-state index contributed by atoms with van der Waals surface area (Å²) >= 11 is 0. The minimum Gasteiger partial charge on any atom is -0.204 e. The predicted octanol–water partition coefficient (Wildman–Crippen LogP) is 2.65. The monoisotopic (exact) mass is 128 g/mol. The molecule has 0 nitrogen and oxygen atoms in total. The molecule has 0 aliphatic heterocycles. The number of hydrogen-bond acceptors (Lipinski definition) is 0. The van der Waals surface area contributed by atoms with Gasteiger partial charge in [-0.05, 0) is 24.1 Å². The van der Waals surface area contributed by atoms with Gasteiger partial charge in [0.2, 0.25) is 0 Å². The van der Waals surface area contributed by atoms with Crippen LogP contribution in [0.3, 0.4) is 0 Å². The molecule has 0 unspecified atom stereocenters. The molecular formula is C7H6F2. The second-order valence-electron chi connectivity index (χ2n) is 1.91. The summed E-state index contributed by atoms with van der Waals surface area (Å²) in [6.07, 6.45) is 2.70. The van der Waals surface area contributed by atoms with Crippen molar-refractivity contribution in [2.45, 2.75) is 6.42 Å². The van der Waals surface area contributed by atoms with Crippen molar-refractivity contribution in [2.24, 2.45) is 0 Å². The SMILES string of the molecule is C=C1C=C(F)C(F)=CC1. The van der Waals surface area contributed by atoms with Gasteiger partial charge in [-0.3, -0.25) is 0 Å². The topological polar surface area (TPSA) is 0 Å². The number of hydrogen-bond donors (Lipinski definition) is 0. The van der Waals surface area contributed by atoms with Crippen molar-refractivity contribution < 1.29 is 8.78 Å². The van der Waals surface area contributed by atoms with E-state index in [1.165, 1.54) is 6.08 Å². The molecule has 0 fully saturated rings. The van der Waals surface area contributed by atoms with Crippen LogP contribution in [0, 0.1) is 0 Å². The predicted molar refractivity (Wildman–Crippen MR) is 32.1 cm³/mol. The first-order chi connectivity index (χ1) is 4.20. The molecule has 0 amide bonds. The lowest BCUT2D eigenvalue weighted by Crippen LogP contribution is -1.86. The van der Waals surface area contributed by atoms with E-state index in [0.717, 1.165) is 6.08 Å². The van der Waals surface area contributed by atoms with Crippen LogP contribution < -0.4 is 0 Å². The van der Waals surface area contributed by atoms with Crippen LogP contribution in [0.15, 0.2) is 36.0 Å². The average Bonchev–Trinajstić information content (AvgIpc) is 1.80. The second kappa shape index (κ2) is 2.13. The normalized spacial score (nSPS) is 19.1. The Labute approximate surface area is 52.2 Å². The molecule has 0 aromatic carbocycles. The van der Waals surface area contributed by atoms with Crippen molar-refractivity contribution in [3.63, 3.8) is 0 Å². The molecule has 0 heterocycles. The van der Waals surface area contributed by atoms with Crippen molar-refractivity contribution >= 4 is 0 Å². The maximum atomic E-state index is 12.2. The maximum Gasteiger partial charge on any atom is 0.158 e.